The van der Waals surface area contributed by atoms with Gasteiger partial charge in [-0.3, -0.25) is 4.99 Å². The van der Waals surface area contributed by atoms with E-state index in [1.807, 2.05) is 24.3 Å². The minimum absolute atomic E-state index is 0. The number of aryl methyl sites for hydroxylation is 1. The van der Waals surface area contributed by atoms with E-state index in [1.54, 1.807) is 13.2 Å². The van der Waals surface area contributed by atoms with E-state index in [0.29, 0.717) is 5.15 Å². The van der Waals surface area contributed by atoms with Crippen LogP contribution in [-0.4, -0.2) is 37.7 Å². The maximum atomic E-state index is 5.79. The zero-order valence-corrected chi connectivity index (χ0v) is 19.0. The fraction of sp³-hybridized carbons (Fsp3) is 0.400. The van der Waals surface area contributed by atoms with Gasteiger partial charge in [0, 0.05) is 26.3 Å². The van der Waals surface area contributed by atoms with Crippen molar-refractivity contribution in [3.63, 3.8) is 0 Å². The van der Waals surface area contributed by atoms with E-state index in [4.69, 9.17) is 16.3 Å². The molecule has 0 aliphatic heterocycles. The van der Waals surface area contributed by atoms with Gasteiger partial charge in [0.15, 0.2) is 5.96 Å². The third-order valence-electron chi connectivity index (χ3n) is 3.87. The van der Waals surface area contributed by atoms with E-state index < -0.39 is 0 Å². The van der Waals surface area contributed by atoms with E-state index >= 15 is 0 Å². The number of unbranched alkanes of at least 4 members (excludes halogenated alkanes) is 1. The molecule has 1 heterocycles. The maximum Gasteiger partial charge on any atom is 0.190 e. The monoisotopic (exact) mass is 502 g/mol. The first-order valence-electron chi connectivity index (χ1n) is 8.92. The molecule has 7 heteroatoms. The number of halogens is 2. The van der Waals surface area contributed by atoms with Crippen LogP contribution in [0.5, 0.6) is 5.75 Å². The predicted molar refractivity (Wildman–Crippen MR) is 124 cm³/mol. The molecule has 0 fully saturated rings. The first-order chi connectivity index (χ1) is 12.7. The minimum Gasteiger partial charge on any atom is -0.494 e. The van der Waals surface area contributed by atoms with Crippen molar-refractivity contribution < 1.29 is 4.74 Å². The number of guanidine groups is 1. The summed E-state index contributed by atoms with van der Waals surface area (Å²) < 4.78 is 5.73. The lowest BCUT2D eigenvalue weighted by molar-refractivity contribution is 0.307. The molecule has 1 aromatic heterocycles. The molecule has 0 saturated carbocycles. The quantitative estimate of drug-likeness (QED) is 0.177. The second-order valence-electron chi connectivity index (χ2n) is 6.03. The zero-order chi connectivity index (χ0) is 18.6. The van der Waals surface area contributed by atoms with Crippen LogP contribution < -0.4 is 15.4 Å². The van der Waals surface area contributed by atoms with Crippen LogP contribution in [0.3, 0.4) is 0 Å². The summed E-state index contributed by atoms with van der Waals surface area (Å²) in [5, 5.41) is 7.14. The SMILES string of the molecule is CN=C(NCCCCOc1ccc(C)cc1)NCCc1ccc(Cl)nc1.I. The molecule has 148 valence electrons. The van der Waals surface area contributed by atoms with Gasteiger partial charge in [-0.15, -0.1) is 24.0 Å². The number of nitrogens with one attached hydrogen (secondary N) is 2. The number of hydrogen-bond donors (Lipinski definition) is 2. The average Bonchev–Trinajstić information content (AvgIpc) is 2.66. The zero-order valence-electron chi connectivity index (χ0n) is 15.9. The summed E-state index contributed by atoms with van der Waals surface area (Å²) in [4.78, 5) is 8.31. The van der Waals surface area contributed by atoms with Crippen LogP contribution in [0.25, 0.3) is 0 Å². The smallest absolute Gasteiger partial charge is 0.190 e. The number of hydrogen-bond acceptors (Lipinski definition) is 3. The molecule has 2 N–H and O–H groups in total. The van der Waals surface area contributed by atoms with Gasteiger partial charge in [0.25, 0.3) is 0 Å². The van der Waals surface area contributed by atoms with Gasteiger partial charge >= 0.3 is 0 Å². The number of nitrogens with zero attached hydrogens (tertiary/aromatic N) is 2. The van der Waals surface area contributed by atoms with Gasteiger partial charge in [0.1, 0.15) is 10.9 Å². The molecule has 0 amide bonds. The Hall–Kier alpha value is -1.54. The van der Waals surface area contributed by atoms with Crippen LogP contribution in [0.15, 0.2) is 47.6 Å². The highest BCUT2D eigenvalue weighted by Crippen LogP contribution is 2.11. The first kappa shape index (κ1) is 23.5. The van der Waals surface area contributed by atoms with Crippen molar-refractivity contribution in [2.45, 2.75) is 26.2 Å². The molecule has 0 saturated heterocycles. The van der Waals surface area contributed by atoms with Gasteiger partial charge < -0.3 is 15.4 Å². The average molecular weight is 503 g/mol. The standard InChI is InChI=1S/C20H27ClN4O.HI/c1-16-5-8-18(9-6-16)26-14-4-3-12-23-20(22-2)24-13-11-17-7-10-19(21)25-15-17;/h5-10,15H,3-4,11-14H2,1-2H3,(H2,22,23,24);1H. The van der Waals surface area contributed by atoms with Crippen molar-refractivity contribution in [3.8, 4) is 5.75 Å². The Labute approximate surface area is 184 Å². The third kappa shape index (κ3) is 9.81. The summed E-state index contributed by atoms with van der Waals surface area (Å²) in [7, 11) is 1.78. The first-order valence-corrected chi connectivity index (χ1v) is 9.29. The lowest BCUT2D eigenvalue weighted by Gasteiger charge is -2.12. The highest BCUT2D eigenvalue weighted by Gasteiger charge is 1.99. The van der Waals surface area contributed by atoms with Crippen molar-refractivity contribution in [1.29, 1.82) is 0 Å². The Morgan fingerprint density at radius 2 is 1.81 bits per heavy atom. The molecule has 0 atom stereocenters. The van der Waals surface area contributed by atoms with Gasteiger partial charge in [0.05, 0.1) is 6.61 Å². The number of aromatic nitrogens is 1. The molecule has 0 spiro atoms. The molecular formula is C20H28ClIN4O. The Morgan fingerprint density at radius 1 is 1.07 bits per heavy atom. The molecule has 1 aromatic carbocycles. The summed E-state index contributed by atoms with van der Waals surface area (Å²) in [6.45, 7) is 4.45. The fourth-order valence-corrected chi connectivity index (χ4v) is 2.47. The van der Waals surface area contributed by atoms with Crippen LogP contribution in [0.2, 0.25) is 5.15 Å². The topological polar surface area (TPSA) is 58.5 Å². The number of rotatable bonds is 9. The van der Waals surface area contributed by atoms with Gasteiger partial charge in [-0.2, -0.15) is 0 Å². The largest absolute Gasteiger partial charge is 0.494 e. The van der Waals surface area contributed by atoms with Crippen molar-refractivity contribution in [2.75, 3.05) is 26.7 Å². The highest BCUT2D eigenvalue weighted by atomic mass is 127. The Morgan fingerprint density at radius 3 is 2.48 bits per heavy atom. The van der Waals surface area contributed by atoms with Crippen LogP contribution in [0.4, 0.5) is 0 Å². The van der Waals surface area contributed by atoms with Crippen molar-refractivity contribution in [1.82, 2.24) is 15.6 Å². The third-order valence-corrected chi connectivity index (χ3v) is 4.10. The van der Waals surface area contributed by atoms with Crippen LogP contribution in [-0.2, 0) is 6.42 Å². The molecule has 5 nitrogen and oxygen atoms in total. The van der Waals surface area contributed by atoms with Crippen molar-refractivity contribution >= 4 is 41.5 Å². The number of benzene rings is 1. The number of ether oxygens (including phenoxy) is 1. The van der Waals surface area contributed by atoms with Gasteiger partial charge in [-0.05, 0) is 49.9 Å². The Balaban J connectivity index is 0.00000364. The second kappa shape index (κ2) is 13.6. The van der Waals surface area contributed by atoms with E-state index in [0.717, 1.165) is 56.2 Å². The lowest BCUT2D eigenvalue weighted by Crippen LogP contribution is -2.38. The second-order valence-corrected chi connectivity index (χ2v) is 6.42. The van der Waals surface area contributed by atoms with Crippen LogP contribution in [0.1, 0.15) is 24.0 Å². The molecule has 0 aliphatic rings. The Bertz CT molecular complexity index is 677. The predicted octanol–water partition coefficient (Wildman–Crippen LogP) is 4.23. The van der Waals surface area contributed by atoms with Gasteiger partial charge in [-0.25, -0.2) is 4.98 Å². The highest BCUT2D eigenvalue weighted by molar-refractivity contribution is 14.0. The molecule has 0 radical (unpaired) electrons. The van der Waals surface area contributed by atoms with E-state index in [1.165, 1.54) is 5.56 Å². The summed E-state index contributed by atoms with van der Waals surface area (Å²) in [5.41, 5.74) is 2.39. The van der Waals surface area contributed by atoms with Crippen molar-refractivity contribution in [2.24, 2.45) is 4.99 Å². The minimum atomic E-state index is 0. The van der Waals surface area contributed by atoms with Crippen LogP contribution in [0, 0.1) is 6.92 Å². The lowest BCUT2D eigenvalue weighted by atomic mass is 10.2. The summed E-state index contributed by atoms with van der Waals surface area (Å²) >= 11 is 5.79. The molecule has 2 aromatic rings. The Kier molecular flexibility index (Phi) is 11.8. The summed E-state index contributed by atoms with van der Waals surface area (Å²) in [6, 6.07) is 11.9. The molecule has 27 heavy (non-hydrogen) atoms. The molecule has 2 rings (SSSR count). The molecule has 0 aliphatic carbocycles. The summed E-state index contributed by atoms with van der Waals surface area (Å²) in [6.07, 6.45) is 4.69. The number of aliphatic imine (C=N–C) groups is 1. The fourth-order valence-electron chi connectivity index (χ4n) is 2.36. The normalized spacial score (nSPS) is 10.9. The van der Waals surface area contributed by atoms with E-state index in [2.05, 4.69) is 39.7 Å². The van der Waals surface area contributed by atoms with Gasteiger partial charge in [-0.1, -0.05) is 35.4 Å². The van der Waals surface area contributed by atoms with E-state index in [-0.39, 0.29) is 24.0 Å². The molecular weight excluding hydrogens is 475 g/mol. The molecule has 0 unspecified atom stereocenters. The van der Waals surface area contributed by atoms with Crippen LogP contribution >= 0.6 is 35.6 Å². The molecule has 0 bridgehead atoms. The van der Waals surface area contributed by atoms with E-state index in [9.17, 15) is 0 Å². The summed E-state index contributed by atoms with van der Waals surface area (Å²) in [5.74, 6) is 1.74. The maximum absolute atomic E-state index is 5.79. The van der Waals surface area contributed by atoms with Gasteiger partial charge in [0.2, 0.25) is 0 Å². The number of pyridine rings is 1. The van der Waals surface area contributed by atoms with Crippen molar-refractivity contribution in [3.05, 3.63) is 58.9 Å².